The van der Waals surface area contributed by atoms with Crippen LogP contribution in [0.25, 0.3) is 33.8 Å². The summed E-state index contributed by atoms with van der Waals surface area (Å²) in [7, 11) is -2.25. The molecule has 0 radical (unpaired) electrons. The van der Waals surface area contributed by atoms with Gasteiger partial charge in [0, 0.05) is 18.8 Å². The molecule has 0 unspecified atom stereocenters. The summed E-state index contributed by atoms with van der Waals surface area (Å²) in [5.41, 5.74) is 6.15. The number of sulfone groups is 1. The minimum Gasteiger partial charge on any atom is -0.382 e. The van der Waals surface area contributed by atoms with E-state index in [2.05, 4.69) is 24.9 Å². The van der Waals surface area contributed by atoms with Gasteiger partial charge in [-0.3, -0.25) is 9.97 Å². The van der Waals surface area contributed by atoms with Gasteiger partial charge in [-0.1, -0.05) is 6.92 Å². The lowest BCUT2D eigenvalue weighted by Gasteiger charge is -2.12. The number of halogens is 3. The number of fused-ring (bicyclic) bond motifs is 1. The summed E-state index contributed by atoms with van der Waals surface area (Å²) in [6, 6.07) is 2.22. The summed E-state index contributed by atoms with van der Waals surface area (Å²) in [5.74, 6) is 0.0833. The highest BCUT2D eigenvalue weighted by Gasteiger charge is 2.33. The Labute approximate surface area is 186 Å². The van der Waals surface area contributed by atoms with Crippen LogP contribution in [0.2, 0.25) is 0 Å². The number of rotatable bonds is 4. The lowest BCUT2D eigenvalue weighted by atomic mass is 10.1. The molecule has 33 heavy (non-hydrogen) atoms. The van der Waals surface area contributed by atoms with Gasteiger partial charge in [0.2, 0.25) is 0 Å². The van der Waals surface area contributed by atoms with Gasteiger partial charge in [0.15, 0.2) is 15.7 Å². The number of nitrogens with two attached hydrogens (primary N) is 1. The largest absolute Gasteiger partial charge is 0.433 e. The molecule has 0 aromatic carbocycles. The van der Waals surface area contributed by atoms with Crippen molar-refractivity contribution in [3.05, 3.63) is 42.1 Å². The molecule has 172 valence electrons. The maximum absolute atomic E-state index is 13.1. The van der Waals surface area contributed by atoms with E-state index in [1.165, 1.54) is 30.0 Å². The molecule has 0 atom stereocenters. The number of nitrogens with zero attached hydrogens (tertiary/aromatic N) is 6. The molecule has 0 aliphatic heterocycles. The van der Waals surface area contributed by atoms with Crippen LogP contribution in [0.15, 0.2) is 35.6 Å². The predicted molar refractivity (Wildman–Crippen MR) is 115 cm³/mol. The van der Waals surface area contributed by atoms with E-state index in [9.17, 15) is 21.6 Å². The first kappa shape index (κ1) is 22.6. The minimum atomic E-state index is -4.64. The third-order valence-electron chi connectivity index (χ3n) is 5.08. The molecule has 4 rings (SSSR count). The maximum Gasteiger partial charge on any atom is 0.433 e. The zero-order chi connectivity index (χ0) is 24.1. The summed E-state index contributed by atoms with van der Waals surface area (Å²) < 4.78 is 66.5. The summed E-state index contributed by atoms with van der Waals surface area (Å²) in [5, 5.41) is 0. The van der Waals surface area contributed by atoms with Crippen LogP contribution in [0.4, 0.5) is 19.0 Å². The standard InChI is InChI=1S/C20H18F3N7O2S/c1-4-33(31,32)14-5-11(17-10(2)28-16(24)9-27-17)7-26-18(14)19-29-12-6-15(20(21,22)23)25-8-13(12)30(19)3/h5-9H,4H2,1-3H3,(H2,24,28). The van der Waals surface area contributed by atoms with E-state index in [1.807, 2.05) is 0 Å². The third kappa shape index (κ3) is 3.99. The minimum absolute atomic E-state index is 0.00826. The van der Waals surface area contributed by atoms with Crippen LogP contribution in [0.5, 0.6) is 0 Å². The first-order valence-electron chi connectivity index (χ1n) is 9.64. The quantitative estimate of drug-likeness (QED) is 0.474. The van der Waals surface area contributed by atoms with Gasteiger partial charge in [0.25, 0.3) is 0 Å². The normalized spacial score (nSPS) is 12.4. The molecule has 0 saturated heterocycles. The van der Waals surface area contributed by atoms with Gasteiger partial charge in [0.1, 0.15) is 17.2 Å². The average Bonchev–Trinajstić information content (AvgIpc) is 3.08. The molecule has 4 heterocycles. The summed E-state index contributed by atoms with van der Waals surface area (Å²) in [4.78, 5) is 20.3. The Morgan fingerprint density at radius 2 is 1.73 bits per heavy atom. The Morgan fingerprint density at radius 3 is 2.36 bits per heavy atom. The van der Waals surface area contributed by atoms with Crippen molar-refractivity contribution in [2.24, 2.45) is 7.05 Å². The van der Waals surface area contributed by atoms with E-state index in [0.29, 0.717) is 22.5 Å². The number of aryl methyl sites for hydroxylation is 2. The fourth-order valence-corrected chi connectivity index (χ4v) is 4.43. The second-order valence-electron chi connectivity index (χ2n) is 7.25. The molecule has 0 aliphatic rings. The number of aromatic nitrogens is 6. The topological polar surface area (TPSA) is 130 Å². The number of alkyl halides is 3. The van der Waals surface area contributed by atoms with Gasteiger partial charge in [-0.25, -0.2) is 23.4 Å². The van der Waals surface area contributed by atoms with Crippen molar-refractivity contribution in [2.45, 2.75) is 24.9 Å². The van der Waals surface area contributed by atoms with E-state index in [4.69, 9.17) is 5.73 Å². The van der Waals surface area contributed by atoms with Gasteiger partial charge >= 0.3 is 6.18 Å². The molecule has 0 spiro atoms. The van der Waals surface area contributed by atoms with Gasteiger partial charge in [-0.2, -0.15) is 13.2 Å². The van der Waals surface area contributed by atoms with Crippen molar-refractivity contribution < 1.29 is 21.6 Å². The monoisotopic (exact) mass is 477 g/mol. The van der Waals surface area contributed by atoms with Gasteiger partial charge in [0.05, 0.1) is 45.5 Å². The molecule has 13 heteroatoms. The van der Waals surface area contributed by atoms with Crippen LogP contribution in [0.1, 0.15) is 18.3 Å². The molecule has 2 N–H and O–H groups in total. The Bertz CT molecular complexity index is 1500. The lowest BCUT2D eigenvalue weighted by Crippen LogP contribution is -2.09. The Hall–Kier alpha value is -3.61. The van der Waals surface area contributed by atoms with E-state index in [0.717, 1.165) is 12.3 Å². The second kappa shape index (κ2) is 7.76. The molecule has 9 nitrogen and oxygen atoms in total. The number of hydrogen-bond donors (Lipinski definition) is 1. The van der Waals surface area contributed by atoms with E-state index >= 15 is 0 Å². The summed E-state index contributed by atoms with van der Waals surface area (Å²) >= 11 is 0. The zero-order valence-corrected chi connectivity index (χ0v) is 18.5. The highest BCUT2D eigenvalue weighted by Crippen LogP contribution is 2.34. The molecule has 0 aliphatic carbocycles. The zero-order valence-electron chi connectivity index (χ0n) is 17.7. The van der Waals surface area contributed by atoms with E-state index in [1.54, 1.807) is 14.0 Å². The summed E-state index contributed by atoms with van der Waals surface area (Å²) in [6.07, 6.45) is -0.832. The van der Waals surface area contributed by atoms with Crippen molar-refractivity contribution in [3.63, 3.8) is 0 Å². The molecule has 0 saturated carbocycles. The lowest BCUT2D eigenvalue weighted by molar-refractivity contribution is -0.141. The van der Waals surface area contributed by atoms with Crippen molar-refractivity contribution in [2.75, 3.05) is 11.5 Å². The summed E-state index contributed by atoms with van der Waals surface area (Å²) in [6.45, 7) is 3.16. The fourth-order valence-electron chi connectivity index (χ4n) is 3.37. The van der Waals surface area contributed by atoms with Crippen molar-refractivity contribution in [3.8, 4) is 22.8 Å². The average molecular weight is 477 g/mol. The molecule has 0 bridgehead atoms. The molecular weight excluding hydrogens is 459 g/mol. The van der Waals surface area contributed by atoms with E-state index in [-0.39, 0.29) is 33.5 Å². The van der Waals surface area contributed by atoms with Crippen molar-refractivity contribution in [1.82, 2.24) is 29.5 Å². The van der Waals surface area contributed by atoms with Crippen molar-refractivity contribution >= 4 is 26.7 Å². The van der Waals surface area contributed by atoms with Crippen LogP contribution in [-0.2, 0) is 23.1 Å². The number of imidazole rings is 1. The first-order valence-corrected chi connectivity index (χ1v) is 11.3. The predicted octanol–water partition coefficient (Wildman–Crippen LogP) is 3.19. The van der Waals surface area contributed by atoms with Crippen LogP contribution in [0.3, 0.4) is 0 Å². The van der Waals surface area contributed by atoms with Crippen molar-refractivity contribution in [1.29, 1.82) is 0 Å². The Kier molecular flexibility index (Phi) is 5.31. The van der Waals surface area contributed by atoms with Crippen LogP contribution >= 0.6 is 0 Å². The van der Waals surface area contributed by atoms with Crippen LogP contribution in [0, 0.1) is 6.92 Å². The Balaban J connectivity index is 1.95. The highest BCUT2D eigenvalue weighted by molar-refractivity contribution is 7.91. The number of hydrogen-bond acceptors (Lipinski definition) is 8. The van der Waals surface area contributed by atoms with E-state index < -0.39 is 21.7 Å². The SMILES string of the molecule is CCS(=O)(=O)c1cc(-c2ncc(N)nc2C)cnc1-c1nc2cc(C(F)(F)F)ncc2n1C. The molecule has 4 aromatic rings. The Morgan fingerprint density at radius 1 is 1.03 bits per heavy atom. The van der Waals surface area contributed by atoms with Gasteiger partial charge in [-0.15, -0.1) is 0 Å². The second-order valence-corrected chi connectivity index (χ2v) is 9.50. The molecule has 4 aromatic heterocycles. The van der Waals surface area contributed by atoms with Crippen LogP contribution in [-0.4, -0.2) is 43.7 Å². The third-order valence-corrected chi connectivity index (χ3v) is 6.82. The first-order chi connectivity index (χ1) is 15.4. The highest BCUT2D eigenvalue weighted by atomic mass is 32.2. The number of pyridine rings is 2. The fraction of sp³-hybridized carbons (Fsp3) is 0.250. The van der Waals surface area contributed by atoms with Gasteiger partial charge < -0.3 is 10.3 Å². The molecular formula is C20H18F3N7O2S. The molecule has 0 amide bonds. The maximum atomic E-state index is 13.1. The smallest absolute Gasteiger partial charge is 0.382 e. The van der Waals surface area contributed by atoms with Crippen LogP contribution < -0.4 is 5.73 Å². The molecule has 0 fully saturated rings. The number of nitrogen functional groups attached to an aromatic ring is 1. The van der Waals surface area contributed by atoms with Gasteiger partial charge in [-0.05, 0) is 19.1 Å². The number of anilines is 1.